The van der Waals surface area contributed by atoms with E-state index in [-0.39, 0.29) is 17.7 Å². The van der Waals surface area contributed by atoms with Gasteiger partial charge < -0.3 is 10.5 Å². The Bertz CT molecular complexity index is 860. The van der Waals surface area contributed by atoms with Crippen molar-refractivity contribution >= 4 is 0 Å². The van der Waals surface area contributed by atoms with Gasteiger partial charge in [0.1, 0.15) is 11.6 Å². The van der Waals surface area contributed by atoms with Crippen LogP contribution in [0, 0.1) is 32.1 Å². The highest BCUT2D eigenvalue weighted by Crippen LogP contribution is 2.46. The molecule has 0 bridgehead atoms. The lowest BCUT2D eigenvalue weighted by Gasteiger charge is -2.27. The van der Waals surface area contributed by atoms with E-state index in [1.807, 2.05) is 0 Å². The van der Waals surface area contributed by atoms with Crippen molar-refractivity contribution in [3.05, 3.63) is 57.1 Å². The minimum absolute atomic E-state index is 0.135. The van der Waals surface area contributed by atoms with Crippen molar-refractivity contribution in [1.29, 1.82) is 5.26 Å². The molecule has 0 saturated carbocycles. The second-order valence-corrected chi connectivity index (χ2v) is 6.75. The number of hydrogen-bond donors (Lipinski definition) is 2. The van der Waals surface area contributed by atoms with Gasteiger partial charge in [0.25, 0.3) is 0 Å². The number of nitrogens with two attached hydrogens (primary N) is 1. The lowest BCUT2D eigenvalue weighted by atomic mass is 9.78. The summed E-state index contributed by atoms with van der Waals surface area (Å²) in [7, 11) is 0. The second-order valence-electron chi connectivity index (χ2n) is 6.75. The molecule has 1 aliphatic heterocycles. The number of rotatable bonds is 2. The van der Waals surface area contributed by atoms with E-state index < -0.39 is 0 Å². The molecule has 0 aliphatic carbocycles. The number of fused-ring (bicyclic) bond motifs is 1. The summed E-state index contributed by atoms with van der Waals surface area (Å²) in [5.74, 6) is 0.587. The number of H-pyrrole nitrogens is 1. The molecule has 3 N–H and O–H groups in total. The van der Waals surface area contributed by atoms with E-state index in [1.54, 1.807) is 0 Å². The number of allylic oxidation sites excluding steroid dienone is 1. The SMILES string of the molecule is Cc1cc(C)c(C2C(C#N)=C(N)Oc3n[nH]c(C(C)C)c32)c(C)c1. The minimum atomic E-state index is -0.254. The number of aromatic amines is 1. The third kappa shape index (κ3) is 2.35. The molecule has 1 aromatic heterocycles. The molecule has 0 saturated heterocycles. The van der Waals surface area contributed by atoms with Crippen LogP contribution in [0.2, 0.25) is 0 Å². The van der Waals surface area contributed by atoms with Gasteiger partial charge in [-0.25, -0.2) is 0 Å². The van der Waals surface area contributed by atoms with Crippen LogP contribution in [0.3, 0.4) is 0 Å². The number of nitriles is 1. The number of nitrogens with one attached hydrogen (secondary N) is 1. The molecule has 0 amide bonds. The van der Waals surface area contributed by atoms with E-state index in [0.29, 0.717) is 11.5 Å². The summed E-state index contributed by atoms with van der Waals surface area (Å²) in [5, 5.41) is 17.1. The van der Waals surface area contributed by atoms with E-state index in [4.69, 9.17) is 10.5 Å². The van der Waals surface area contributed by atoms with Gasteiger partial charge in [-0.2, -0.15) is 5.26 Å². The van der Waals surface area contributed by atoms with Crippen molar-refractivity contribution < 1.29 is 4.74 Å². The van der Waals surface area contributed by atoms with Gasteiger partial charge >= 0.3 is 0 Å². The normalized spacial score (nSPS) is 16.8. The molecule has 1 unspecified atom stereocenters. The average Bonchev–Trinajstić information content (AvgIpc) is 2.89. The fourth-order valence-corrected chi connectivity index (χ4v) is 3.64. The number of hydrogen-bond acceptors (Lipinski definition) is 4. The zero-order chi connectivity index (χ0) is 17.6. The summed E-state index contributed by atoms with van der Waals surface area (Å²) in [6.45, 7) is 10.4. The number of aryl methyl sites for hydroxylation is 3. The second kappa shape index (κ2) is 5.72. The minimum Gasteiger partial charge on any atom is -0.420 e. The predicted molar refractivity (Wildman–Crippen MR) is 92.6 cm³/mol. The van der Waals surface area contributed by atoms with Crippen molar-refractivity contribution in [1.82, 2.24) is 10.2 Å². The standard InChI is InChI=1S/C19H22N4O/c1-9(2)17-16-15(14-11(4)6-10(3)7-12(14)5)13(8-20)18(21)24-19(16)23-22-17/h6-7,9,15H,21H2,1-5H3,(H,22,23). The molecule has 2 heterocycles. The van der Waals surface area contributed by atoms with Crippen LogP contribution >= 0.6 is 0 Å². The van der Waals surface area contributed by atoms with Gasteiger partial charge in [0.05, 0.1) is 11.5 Å². The summed E-state index contributed by atoms with van der Waals surface area (Å²) in [6.07, 6.45) is 0. The molecule has 5 nitrogen and oxygen atoms in total. The molecule has 1 aliphatic rings. The molecule has 1 aromatic carbocycles. The topological polar surface area (TPSA) is 87.7 Å². The van der Waals surface area contributed by atoms with Crippen molar-refractivity contribution in [2.24, 2.45) is 5.73 Å². The third-order valence-corrected chi connectivity index (χ3v) is 4.57. The van der Waals surface area contributed by atoms with Gasteiger partial charge in [-0.05, 0) is 43.4 Å². The van der Waals surface area contributed by atoms with Crippen LogP contribution < -0.4 is 10.5 Å². The van der Waals surface area contributed by atoms with Crippen molar-refractivity contribution in [3.63, 3.8) is 0 Å². The molecular weight excluding hydrogens is 300 g/mol. The maximum atomic E-state index is 9.72. The molecule has 0 fully saturated rings. The van der Waals surface area contributed by atoms with Crippen molar-refractivity contribution in [3.8, 4) is 11.9 Å². The van der Waals surface area contributed by atoms with Gasteiger partial charge in [0, 0.05) is 5.69 Å². The number of benzene rings is 1. The summed E-state index contributed by atoms with van der Waals surface area (Å²) >= 11 is 0. The summed E-state index contributed by atoms with van der Waals surface area (Å²) in [6, 6.07) is 6.53. The lowest BCUT2D eigenvalue weighted by Crippen LogP contribution is -2.22. The molecule has 2 aromatic rings. The highest BCUT2D eigenvalue weighted by molar-refractivity contribution is 5.59. The quantitative estimate of drug-likeness (QED) is 0.883. The maximum absolute atomic E-state index is 9.72. The van der Waals surface area contributed by atoms with Crippen molar-refractivity contribution in [2.75, 3.05) is 0 Å². The van der Waals surface area contributed by atoms with Gasteiger partial charge in [-0.3, -0.25) is 5.10 Å². The first-order valence-corrected chi connectivity index (χ1v) is 8.08. The lowest BCUT2D eigenvalue weighted by molar-refractivity contribution is 0.378. The van der Waals surface area contributed by atoms with E-state index in [1.165, 1.54) is 5.56 Å². The first kappa shape index (κ1) is 16.1. The van der Waals surface area contributed by atoms with E-state index >= 15 is 0 Å². The fraction of sp³-hybridized carbons (Fsp3) is 0.368. The van der Waals surface area contributed by atoms with E-state index in [2.05, 4.69) is 63.0 Å². The smallest absolute Gasteiger partial charge is 0.244 e. The first-order valence-electron chi connectivity index (χ1n) is 8.08. The fourth-order valence-electron chi connectivity index (χ4n) is 3.64. The molecule has 3 rings (SSSR count). The van der Waals surface area contributed by atoms with Crippen LogP contribution in [0.25, 0.3) is 0 Å². The maximum Gasteiger partial charge on any atom is 0.244 e. The molecule has 24 heavy (non-hydrogen) atoms. The Balaban J connectivity index is 2.34. The van der Waals surface area contributed by atoms with Crippen LogP contribution in [-0.4, -0.2) is 10.2 Å². The van der Waals surface area contributed by atoms with Gasteiger partial charge in [0.15, 0.2) is 0 Å². The first-order chi connectivity index (χ1) is 11.3. The van der Waals surface area contributed by atoms with E-state index in [9.17, 15) is 5.26 Å². The third-order valence-electron chi connectivity index (χ3n) is 4.57. The molecule has 1 atom stereocenters. The zero-order valence-corrected chi connectivity index (χ0v) is 14.7. The van der Waals surface area contributed by atoms with Crippen LogP contribution in [0.5, 0.6) is 5.88 Å². The Hall–Kier alpha value is -2.74. The van der Waals surface area contributed by atoms with Gasteiger partial charge in [0.2, 0.25) is 11.8 Å². The highest BCUT2D eigenvalue weighted by Gasteiger charge is 2.37. The molecule has 124 valence electrons. The Morgan fingerprint density at radius 2 is 1.83 bits per heavy atom. The summed E-state index contributed by atoms with van der Waals surface area (Å²) in [5.41, 5.74) is 13.0. The molecular formula is C19H22N4O. The highest BCUT2D eigenvalue weighted by atomic mass is 16.5. The summed E-state index contributed by atoms with van der Waals surface area (Å²) < 4.78 is 5.61. The van der Waals surface area contributed by atoms with E-state index in [0.717, 1.165) is 27.9 Å². The molecule has 0 spiro atoms. The number of nitrogens with zero attached hydrogens (tertiary/aromatic N) is 2. The van der Waals surface area contributed by atoms with Crippen LogP contribution in [0.1, 0.15) is 59.2 Å². The Labute approximate surface area is 142 Å². The molecule has 5 heteroatoms. The molecule has 0 radical (unpaired) electrons. The van der Waals surface area contributed by atoms with Crippen molar-refractivity contribution in [2.45, 2.75) is 46.5 Å². The van der Waals surface area contributed by atoms with Gasteiger partial charge in [-0.1, -0.05) is 31.5 Å². The summed E-state index contributed by atoms with van der Waals surface area (Å²) in [4.78, 5) is 0. The predicted octanol–water partition coefficient (Wildman–Crippen LogP) is 3.68. The van der Waals surface area contributed by atoms with Gasteiger partial charge in [-0.15, -0.1) is 5.10 Å². The Kier molecular flexibility index (Phi) is 3.84. The van der Waals surface area contributed by atoms with Crippen LogP contribution in [0.15, 0.2) is 23.6 Å². The van der Waals surface area contributed by atoms with Crippen LogP contribution in [0.4, 0.5) is 0 Å². The zero-order valence-electron chi connectivity index (χ0n) is 14.7. The monoisotopic (exact) mass is 322 g/mol. The number of ether oxygens (including phenoxy) is 1. The average molecular weight is 322 g/mol. The Morgan fingerprint density at radius 1 is 1.21 bits per heavy atom. The largest absolute Gasteiger partial charge is 0.420 e. The number of aromatic nitrogens is 2. The Morgan fingerprint density at radius 3 is 2.38 bits per heavy atom. The van der Waals surface area contributed by atoms with Crippen LogP contribution in [-0.2, 0) is 0 Å².